The number of carbonyl (C=O) groups is 1. The number of rotatable bonds is 2. The number of aromatic amines is 1. The molecule has 0 saturated heterocycles. The lowest BCUT2D eigenvalue weighted by molar-refractivity contribution is 0.0959. The van der Waals surface area contributed by atoms with Crippen LogP contribution in [0.25, 0.3) is 10.4 Å². The summed E-state index contributed by atoms with van der Waals surface area (Å²) in [6.07, 6.45) is 3.87. The van der Waals surface area contributed by atoms with E-state index in [1.807, 2.05) is 0 Å². The number of anilines is 1. The highest BCUT2D eigenvalue weighted by Gasteiger charge is 2.37. The maximum atomic E-state index is 12.4. The van der Waals surface area contributed by atoms with E-state index in [1.165, 1.54) is 11.3 Å². The van der Waals surface area contributed by atoms with Crippen molar-refractivity contribution in [3.05, 3.63) is 17.3 Å². The van der Waals surface area contributed by atoms with Crippen molar-refractivity contribution in [2.45, 2.75) is 12.5 Å². The van der Waals surface area contributed by atoms with Crippen LogP contribution in [0.15, 0.2) is 12.4 Å². The van der Waals surface area contributed by atoms with Crippen LogP contribution < -0.4 is 15.0 Å². The largest absolute Gasteiger partial charge is 0.488 e. The molecule has 1 atom stereocenters. The number of hydrogen-bond donors (Lipinski definition) is 2. The van der Waals surface area contributed by atoms with Gasteiger partial charge in [0.15, 0.2) is 5.75 Å². The van der Waals surface area contributed by atoms with E-state index in [2.05, 4.69) is 26.5 Å². The van der Waals surface area contributed by atoms with Crippen LogP contribution in [0.3, 0.4) is 0 Å². The van der Waals surface area contributed by atoms with Crippen molar-refractivity contribution in [3.63, 3.8) is 0 Å². The molecule has 2 aliphatic heterocycles. The summed E-state index contributed by atoms with van der Waals surface area (Å²) in [5.74, 6) is 0.625. The molecule has 0 aromatic carbocycles. The Kier molecular flexibility index (Phi) is 3.01. The molecule has 2 aromatic heterocycles. The Morgan fingerprint density at radius 3 is 3.23 bits per heavy atom. The lowest BCUT2D eigenvalue weighted by atomic mass is 10.1. The summed E-state index contributed by atoms with van der Waals surface area (Å²) in [5, 5.41) is 18.7. The third-order valence-electron chi connectivity index (χ3n) is 3.94. The van der Waals surface area contributed by atoms with E-state index in [-0.39, 0.29) is 11.9 Å². The monoisotopic (exact) mass is 315 g/mol. The number of nitrogens with one attached hydrogen (secondary N) is 2. The molecule has 0 bridgehead atoms. The van der Waals surface area contributed by atoms with Gasteiger partial charge in [0, 0.05) is 18.3 Å². The molecule has 8 heteroatoms. The fourth-order valence-corrected chi connectivity index (χ4v) is 4.09. The van der Waals surface area contributed by atoms with Crippen molar-refractivity contribution < 1.29 is 9.53 Å². The molecule has 112 valence electrons. The van der Waals surface area contributed by atoms with E-state index in [9.17, 15) is 4.79 Å². The van der Waals surface area contributed by atoms with Crippen LogP contribution in [0.2, 0.25) is 0 Å². The molecule has 2 aliphatic rings. The molecule has 1 unspecified atom stereocenters. The van der Waals surface area contributed by atoms with Gasteiger partial charge in [-0.3, -0.25) is 9.89 Å². The van der Waals surface area contributed by atoms with Gasteiger partial charge in [-0.05, 0) is 0 Å². The fraction of sp³-hybridized carbons (Fsp3) is 0.357. The zero-order chi connectivity index (χ0) is 15.1. The minimum Gasteiger partial charge on any atom is -0.488 e. The Hall–Kier alpha value is -2.53. The quantitative estimate of drug-likeness (QED) is 0.873. The van der Waals surface area contributed by atoms with Gasteiger partial charge >= 0.3 is 0 Å². The van der Waals surface area contributed by atoms with Crippen molar-refractivity contribution in [1.82, 2.24) is 15.5 Å². The maximum Gasteiger partial charge on any atom is 0.263 e. The molecule has 4 rings (SSSR count). The van der Waals surface area contributed by atoms with E-state index in [4.69, 9.17) is 10.00 Å². The number of thiophene rings is 1. The maximum absolute atomic E-state index is 12.4. The van der Waals surface area contributed by atoms with Crippen molar-refractivity contribution in [2.24, 2.45) is 0 Å². The summed E-state index contributed by atoms with van der Waals surface area (Å²) in [6, 6.07) is 2.18. The first-order chi connectivity index (χ1) is 10.8. The normalized spacial score (nSPS) is 19.7. The summed E-state index contributed by atoms with van der Waals surface area (Å²) in [6.45, 7) is 1.71. The van der Waals surface area contributed by atoms with Crippen LogP contribution in [-0.4, -0.2) is 41.8 Å². The topological polar surface area (TPSA) is 94.0 Å². The zero-order valence-electron chi connectivity index (χ0n) is 11.6. The number of carbonyl (C=O) groups excluding carboxylic acids is 1. The Balaban J connectivity index is 1.89. The average Bonchev–Trinajstić information content (AvgIpc) is 3.15. The number of nitriles is 1. The summed E-state index contributed by atoms with van der Waals surface area (Å²) >= 11 is 1.41. The summed E-state index contributed by atoms with van der Waals surface area (Å²) in [4.78, 5) is 16.1. The van der Waals surface area contributed by atoms with Gasteiger partial charge in [-0.1, -0.05) is 0 Å². The molecule has 4 heterocycles. The lowest BCUT2D eigenvalue weighted by Crippen LogP contribution is -2.44. The molecular weight excluding hydrogens is 302 g/mol. The molecule has 2 N–H and O–H groups in total. The van der Waals surface area contributed by atoms with Crippen molar-refractivity contribution >= 4 is 22.9 Å². The van der Waals surface area contributed by atoms with E-state index < -0.39 is 0 Å². The van der Waals surface area contributed by atoms with Crippen molar-refractivity contribution in [3.8, 4) is 22.3 Å². The Labute approximate surface area is 130 Å². The highest BCUT2D eigenvalue weighted by atomic mass is 32.1. The van der Waals surface area contributed by atoms with E-state index in [1.54, 1.807) is 12.4 Å². The van der Waals surface area contributed by atoms with E-state index in [0.29, 0.717) is 31.0 Å². The lowest BCUT2D eigenvalue weighted by Gasteiger charge is -2.34. The smallest absolute Gasteiger partial charge is 0.263 e. The van der Waals surface area contributed by atoms with Gasteiger partial charge in [0.25, 0.3) is 5.91 Å². The zero-order valence-corrected chi connectivity index (χ0v) is 12.4. The van der Waals surface area contributed by atoms with Crippen LogP contribution in [0.1, 0.15) is 16.1 Å². The number of amides is 1. The van der Waals surface area contributed by atoms with E-state index >= 15 is 0 Å². The highest BCUT2D eigenvalue weighted by molar-refractivity contribution is 7.18. The highest BCUT2D eigenvalue weighted by Crippen LogP contribution is 2.50. The summed E-state index contributed by atoms with van der Waals surface area (Å²) in [5.41, 5.74) is 1.72. The van der Waals surface area contributed by atoms with Crippen molar-refractivity contribution in [2.75, 3.05) is 24.6 Å². The first-order valence-electron chi connectivity index (χ1n) is 7.00. The second-order valence-electron chi connectivity index (χ2n) is 5.19. The number of H-pyrrole nitrogens is 1. The van der Waals surface area contributed by atoms with Gasteiger partial charge in [0.2, 0.25) is 0 Å². The van der Waals surface area contributed by atoms with Gasteiger partial charge < -0.3 is 15.0 Å². The number of aromatic nitrogens is 2. The second-order valence-corrected chi connectivity index (χ2v) is 6.21. The molecule has 0 fully saturated rings. The molecule has 1 amide bonds. The molecule has 0 saturated carbocycles. The first kappa shape index (κ1) is 13.2. The Morgan fingerprint density at radius 2 is 2.45 bits per heavy atom. The minimum absolute atomic E-state index is 0.0235. The van der Waals surface area contributed by atoms with Crippen LogP contribution in [-0.2, 0) is 0 Å². The molecule has 0 aliphatic carbocycles. The van der Waals surface area contributed by atoms with E-state index in [0.717, 1.165) is 21.9 Å². The molecule has 0 spiro atoms. The van der Waals surface area contributed by atoms with Crippen LogP contribution in [0.4, 0.5) is 5.69 Å². The van der Waals surface area contributed by atoms with Gasteiger partial charge in [0.05, 0.1) is 36.2 Å². The minimum atomic E-state index is -0.105. The molecule has 0 radical (unpaired) electrons. The number of nitrogens with zero attached hydrogens (tertiary/aromatic N) is 3. The van der Waals surface area contributed by atoms with Gasteiger partial charge in [0.1, 0.15) is 17.2 Å². The molecule has 2 aromatic rings. The van der Waals surface area contributed by atoms with Gasteiger partial charge in [-0.25, -0.2) is 0 Å². The van der Waals surface area contributed by atoms with Gasteiger partial charge in [-0.15, -0.1) is 11.3 Å². The summed E-state index contributed by atoms with van der Waals surface area (Å²) in [7, 11) is 0. The van der Waals surface area contributed by atoms with Crippen LogP contribution >= 0.6 is 11.3 Å². The molecular formula is C14H13N5O2S. The van der Waals surface area contributed by atoms with Gasteiger partial charge in [-0.2, -0.15) is 10.4 Å². The molecule has 22 heavy (non-hydrogen) atoms. The number of hydrogen-bond acceptors (Lipinski definition) is 6. The standard InChI is InChI=1S/C14H13N5O2S/c15-2-1-9-7-16-14(20)13-10-11(21-4-3-19(9)10)12(22-13)8-5-17-18-6-8/h5-6,9H,1,3-4,7H2,(H,16,20)(H,17,18). The fourth-order valence-electron chi connectivity index (χ4n) is 2.93. The third kappa shape index (κ3) is 1.86. The molecule has 7 nitrogen and oxygen atoms in total. The Morgan fingerprint density at radius 1 is 1.55 bits per heavy atom. The Bertz CT molecular complexity index is 761. The first-order valence-corrected chi connectivity index (χ1v) is 7.81. The SMILES string of the molecule is N#CCC1CNC(=O)c2sc(-c3cn[nH]c3)c3c2N1CCO3. The predicted molar refractivity (Wildman–Crippen MR) is 81.1 cm³/mol. The number of ether oxygens (including phenoxy) is 1. The predicted octanol–water partition coefficient (Wildman–Crippen LogP) is 1.36. The summed E-state index contributed by atoms with van der Waals surface area (Å²) < 4.78 is 5.86. The van der Waals surface area contributed by atoms with Crippen LogP contribution in [0.5, 0.6) is 5.75 Å². The van der Waals surface area contributed by atoms with Crippen LogP contribution in [0, 0.1) is 11.3 Å². The second kappa shape index (κ2) is 5.03. The third-order valence-corrected chi connectivity index (χ3v) is 5.15. The average molecular weight is 315 g/mol. The van der Waals surface area contributed by atoms with Crippen molar-refractivity contribution in [1.29, 1.82) is 5.26 Å².